The van der Waals surface area contributed by atoms with Gasteiger partial charge in [-0.25, -0.2) is 4.79 Å². The number of amides is 1. The molecule has 6 heteroatoms. The van der Waals surface area contributed by atoms with Crippen molar-refractivity contribution in [2.24, 2.45) is 5.73 Å². The van der Waals surface area contributed by atoms with Crippen LogP contribution in [0, 0.1) is 0 Å². The van der Waals surface area contributed by atoms with Crippen LogP contribution in [-0.4, -0.2) is 44.9 Å². The minimum absolute atomic E-state index is 0.481. The molecule has 0 aromatic rings. The van der Waals surface area contributed by atoms with Crippen molar-refractivity contribution in [1.29, 1.82) is 0 Å². The van der Waals surface area contributed by atoms with Gasteiger partial charge in [0, 0.05) is 14.2 Å². The van der Waals surface area contributed by atoms with Gasteiger partial charge in [0.1, 0.15) is 6.61 Å². The van der Waals surface area contributed by atoms with E-state index >= 15 is 0 Å². The Kier molecular flexibility index (Phi) is 23.2. The first kappa shape index (κ1) is 18.4. The Morgan fingerprint density at radius 2 is 1.71 bits per heavy atom. The fraction of sp³-hybridized carbons (Fsp3) is 0.500. The normalized spacial score (nSPS) is 6.86. The van der Waals surface area contributed by atoms with E-state index in [1.54, 1.807) is 14.2 Å². The molecule has 0 aliphatic heterocycles. The van der Waals surface area contributed by atoms with Crippen LogP contribution < -0.4 is 5.73 Å². The third-order valence-corrected chi connectivity index (χ3v) is 0.558. The fourth-order valence-electron chi connectivity index (χ4n) is 0.0645. The monoisotopic (exact) mass is 207 g/mol. The molecule has 14 heavy (non-hydrogen) atoms. The third-order valence-electron chi connectivity index (χ3n) is 0.558. The average molecular weight is 207 g/mol. The summed E-state index contributed by atoms with van der Waals surface area (Å²) >= 11 is 0. The number of esters is 1. The number of carbonyl (C=O) groups excluding carboxylic acids is 2. The van der Waals surface area contributed by atoms with Crippen LogP contribution >= 0.6 is 0 Å². The summed E-state index contributed by atoms with van der Waals surface area (Å²) in [5.74, 6) is -1.08. The second-order valence-corrected chi connectivity index (χ2v) is 1.75. The lowest BCUT2D eigenvalue weighted by Gasteiger charge is -1.86. The smallest absolute Gasteiger partial charge is 0.331 e. The Balaban J connectivity index is -0.000000138. The minimum Gasteiger partial charge on any atom is -0.467 e. The zero-order valence-corrected chi connectivity index (χ0v) is 8.65. The van der Waals surface area contributed by atoms with Gasteiger partial charge in [0.2, 0.25) is 5.91 Å². The third kappa shape index (κ3) is 46.2. The lowest BCUT2D eigenvalue weighted by molar-refractivity contribution is -0.143. The van der Waals surface area contributed by atoms with Crippen molar-refractivity contribution in [3.05, 3.63) is 12.7 Å². The van der Waals surface area contributed by atoms with Crippen molar-refractivity contribution in [2.45, 2.75) is 0 Å². The fourth-order valence-corrected chi connectivity index (χ4v) is 0.0645. The van der Waals surface area contributed by atoms with E-state index in [1.807, 2.05) is 0 Å². The summed E-state index contributed by atoms with van der Waals surface area (Å²) in [5.41, 5.74) is 4.53. The first-order valence-electron chi connectivity index (χ1n) is 3.49. The predicted octanol–water partition coefficient (Wildman–Crippen LogP) is -0.928. The first-order chi connectivity index (χ1) is 6.49. The van der Waals surface area contributed by atoms with Crippen molar-refractivity contribution >= 4 is 11.9 Å². The second-order valence-electron chi connectivity index (χ2n) is 1.75. The predicted molar refractivity (Wildman–Crippen MR) is 51.4 cm³/mol. The van der Waals surface area contributed by atoms with Crippen LogP contribution in [0.4, 0.5) is 0 Å². The number of hydrogen-bond acceptors (Lipinski definition) is 5. The topological polar surface area (TPSA) is 98.9 Å². The molecule has 0 bridgehead atoms. The van der Waals surface area contributed by atoms with Crippen LogP contribution in [0.1, 0.15) is 0 Å². The summed E-state index contributed by atoms with van der Waals surface area (Å²) < 4.78 is 8.26. The van der Waals surface area contributed by atoms with Crippen molar-refractivity contribution in [3.8, 4) is 0 Å². The maximum atomic E-state index is 9.71. The molecule has 0 radical (unpaired) electrons. The molecule has 6 nitrogen and oxygen atoms in total. The molecule has 1 amide bonds. The first-order valence-corrected chi connectivity index (χ1v) is 3.49. The molecular weight excluding hydrogens is 190 g/mol. The SMILES string of the molecule is C=CC(N)=O.COC.COC(=O)CO. The Labute approximate surface area is 83.3 Å². The van der Waals surface area contributed by atoms with Gasteiger partial charge in [0.25, 0.3) is 0 Å². The number of aliphatic hydroxyl groups is 1. The highest BCUT2D eigenvalue weighted by Gasteiger charge is 1.89. The standard InChI is InChI=1S/C3H5NO.C3H6O3.C2H6O/c1-2-3(4)5;1-6-3(5)2-4;1-3-2/h2H,1H2,(H2,4,5);4H,2H2,1H3;1-2H3. The van der Waals surface area contributed by atoms with Crippen molar-refractivity contribution in [1.82, 2.24) is 0 Å². The number of hydrogen-bond donors (Lipinski definition) is 2. The molecule has 0 aliphatic carbocycles. The van der Waals surface area contributed by atoms with Gasteiger partial charge in [-0.15, -0.1) is 0 Å². The van der Waals surface area contributed by atoms with Crippen LogP contribution in [0.3, 0.4) is 0 Å². The van der Waals surface area contributed by atoms with Gasteiger partial charge >= 0.3 is 5.97 Å². The maximum absolute atomic E-state index is 9.71. The molecule has 0 fully saturated rings. The highest BCUT2D eigenvalue weighted by atomic mass is 16.5. The number of rotatable bonds is 2. The molecule has 0 unspecified atom stereocenters. The Morgan fingerprint density at radius 3 is 1.71 bits per heavy atom. The van der Waals surface area contributed by atoms with Gasteiger partial charge in [0.15, 0.2) is 0 Å². The highest BCUT2D eigenvalue weighted by molar-refractivity contribution is 5.84. The molecule has 0 heterocycles. The van der Waals surface area contributed by atoms with E-state index < -0.39 is 18.5 Å². The molecule has 0 saturated carbocycles. The van der Waals surface area contributed by atoms with E-state index in [9.17, 15) is 9.59 Å². The van der Waals surface area contributed by atoms with E-state index in [0.29, 0.717) is 0 Å². The van der Waals surface area contributed by atoms with Gasteiger partial charge in [-0.2, -0.15) is 0 Å². The Bertz CT molecular complexity index is 152. The Hall–Kier alpha value is -1.40. The lowest BCUT2D eigenvalue weighted by atomic mass is 10.6. The molecule has 3 N–H and O–H groups in total. The van der Waals surface area contributed by atoms with Gasteiger partial charge < -0.3 is 20.3 Å². The van der Waals surface area contributed by atoms with E-state index in [-0.39, 0.29) is 0 Å². The average Bonchev–Trinajstić information content (AvgIpc) is 2.18. The molecule has 0 aromatic carbocycles. The lowest BCUT2D eigenvalue weighted by Crippen LogP contribution is -2.04. The zero-order chi connectivity index (χ0) is 12.0. The van der Waals surface area contributed by atoms with Gasteiger partial charge in [0.05, 0.1) is 7.11 Å². The van der Waals surface area contributed by atoms with Crippen molar-refractivity contribution < 1.29 is 24.2 Å². The second kappa shape index (κ2) is 17.6. The van der Waals surface area contributed by atoms with Crippen molar-refractivity contribution in [3.63, 3.8) is 0 Å². The zero-order valence-electron chi connectivity index (χ0n) is 8.65. The number of carbonyl (C=O) groups is 2. The maximum Gasteiger partial charge on any atom is 0.331 e. The Morgan fingerprint density at radius 1 is 1.43 bits per heavy atom. The molecule has 84 valence electrons. The van der Waals surface area contributed by atoms with Crippen molar-refractivity contribution in [2.75, 3.05) is 27.9 Å². The molecular formula is C8H17NO5. The minimum atomic E-state index is -0.602. The van der Waals surface area contributed by atoms with Gasteiger partial charge in [-0.05, 0) is 6.08 Å². The number of nitrogens with two attached hydrogens (primary N) is 1. The molecule has 0 saturated heterocycles. The molecule has 0 atom stereocenters. The summed E-state index contributed by atoms with van der Waals surface area (Å²) in [6.45, 7) is 2.55. The van der Waals surface area contributed by atoms with Gasteiger partial charge in [-0.3, -0.25) is 4.79 Å². The summed E-state index contributed by atoms with van der Waals surface area (Å²) in [5, 5.41) is 7.86. The van der Waals surface area contributed by atoms with E-state index in [4.69, 9.17) is 5.11 Å². The quantitative estimate of drug-likeness (QED) is 0.450. The number of ether oxygens (including phenoxy) is 2. The number of aliphatic hydroxyl groups excluding tert-OH is 1. The number of methoxy groups -OCH3 is 2. The van der Waals surface area contributed by atoms with Crippen LogP contribution in [-0.2, 0) is 19.1 Å². The molecule has 0 aromatic heterocycles. The van der Waals surface area contributed by atoms with Crippen LogP contribution in [0.25, 0.3) is 0 Å². The molecule has 0 rings (SSSR count). The van der Waals surface area contributed by atoms with E-state index in [1.165, 1.54) is 7.11 Å². The largest absolute Gasteiger partial charge is 0.467 e. The van der Waals surface area contributed by atoms with E-state index in [0.717, 1.165) is 6.08 Å². The van der Waals surface area contributed by atoms with Crippen LogP contribution in [0.5, 0.6) is 0 Å². The van der Waals surface area contributed by atoms with Gasteiger partial charge in [-0.1, -0.05) is 6.58 Å². The summed E-state index contributed by atoms with van der Waals surface area (Å²) in [4.78, 5) is 19.2. The summed E-state index contributed by atoms with van der Waals surface area (Å²) in [7, 11) is 4.47. The van der Waals surface area contributed by atoms with Crippen LogP contribution in [0.2, 0.25) is 0 Å². The molecule has 0 aliphatic rings. The van der Waals surface area contributed by atoms with Crippen LogP contribution in [0.15, 0.2) is 12.7 Å². The highest BCUT2D eigenvalue weighted by Crippen LogP contribution is 1.63. The molecule has 0 spiro atoms. The number of primary amides is 1. The van der Waals surface area contributed by atoms with E-state index in [2.05, 4.69) is 21.8 Å². The summed E-state index contributed by atoms with van der Waals surface area (Å²) in [6, 6.07) is 0. The summed E-state index contributed by atoms with van der Waals surface area (Å²) in [6.07, 6.45) is 1.06.